The second-order valence-electron chi connectivity index (χ2n) is 6.08. The van der Waals surface area contributed by atoms with Crippen LogP contribution in [0.5, 0.6) is 0 Å². The van der Waals surface area contributed by atoms with Gasteiger partial charge in [0.1, 0.15) is 0 Å². The molecule has 110 valence electrons. The predicted octanol–water partition coefficient (Wildman–Crippen LogP) is 5.33. The van der Waals surface area contributed by atoms with Gasteiger partial charge in [0.15, 0.2) is 0 Å². The van der Waals surface area contributed by atoms with Gasteiger partial charge in [-0.2, -0.15) is 0 Å². The molecule has 21 heavy (non-hydrogen) atoms. The molecular weight excluding hydrogens is 322 g/mol. The highest BCUT2D eigenvalue weighted by Gasteiger charge is 2.20. The fraction of sp³-hybridized carbons (Fsp3) is 0.368. The molecule has 3 rings (SSSR count). The lowest BCUT2D eigenvalue weighted by Crippen LogP contribution is -2.18. The van der Waals surface area contributed by atoms with Crippen molar-refractivity contribution < 1.29 is 0 Å². The van der Waals surface area contributed by atoms with Crippen LogP contribution in [-0.4, -0.2) is 7.05 Å². The van der Waals surface area contributed by atoms with Crippen LogP contribution in [0.2, 0.25) is 0 Å². The maximum Gasteiger partial charge on any atom is 0.0574 e. The average molecular weight is 344 g/mol. The smallest absolute Gasteiger partial charge is 0.0574 e. The van der Waals surface area contributed by atoms with Crippen LogP contribution in [-0.2, 0) is 0 Å². The molecule has 0 bridgehead atoms. The first-order chi connectivity index (χ1) is 10.2. The number of halogens is 1. The summed E-state index contributed by atoms with van der Waals surface area (Å²) in [7, 11) is 2.03. The minimum atomic E-state index is 0.247. The van der Waals surface area contributed by atoms with Crippen LogP contribution in [0, 0.1) is 6.92 Å². The molecule has 1 aliphatic carbocycles. The first kappa shape index (κ1) is 14.8. The van der Waals surface area contributed by atoms with Crippen molar-refractivity contribution in [2.75, 3.05) is 7.05 Å². The SMILES string of the molecule is CNC(c1ccc(C2CCC2)cc1)c1cc(C)cc(Br)c1. The maximum absolute atomic E-state index is 3.60. The van der Waals surface area contributed by atoms with E-state index < -0.39 is 0 Å². The zero-order chi connectivity index (χ0) is 14.8. The molecule has 1 N–H and O–H groups in total. The summed E-state index contributed by atoms with van der Waals surface area (Å²) >= 11 is 3.60. The molecule has 0 heterocycles. The van der Waals surface area contributed by atoms with Gasteiger partial charge in [0.25, 0.3) is 0 Å². The van der Waals surface area contributed by atoms with Gasteiger partial charge in [-0.15, -0.1) is 0 Å². The van der Waals surface area contributed by atoms with Crippen molar-refractivity contribution in [3.63, 3.8) is 0 Å². The molecule has 0 saturated heterocycles. The number of hydrogen-bond donors (Lipinski definition) is 1. The van der Waals surface area contributed by atoms with E-state index in [1.807, 2.05) is 7.05 Å². The van der Waals surface area contributed by atoms with Crippen molar-refractivity contribution in [3.8, 4) is 0 Å². The van der Waals surface area contributed by atoms with Gasteiger partial charge in [0.2, 0.25) is 0 Å². The van der Waals surface area contributed by atoms with Crippen molar-refractivity contribution in [3.05, 3.63) is 69.2 Å². The Morgan fingerprint density at radius 2 is 1.76 bits per heavy atom. The first-order valence-corrected chi connectivity index (χ1v) is 8.51. The van der Waals surface area contributed by atoms with E-state index in [2.05, 4.69) is 70.6 Å². The third-order valence-corrected chi connectivity index (χ3v) is 4.99. The van der Waals surface area contributed by atoms with Gasteiger partial charge < -0.3 is 5.32 Å². The third kappa shape index (κ3) is 3.22. The van der Waals surface area contributed by atoms with E-state index in [1.165, 1.54) is 41.5 Å². The van der Waals surface area contributed by atoms with Crippen molar-refractivity contribution in [1.29, 1.82) is 0 Å². The molecule has 0 amide bonds. The molecule has 1 nitrogen and oxygen atoms in total. The Hall–Kier alpha value is -1.12. The van der Waals surface area contributed by atoms with Crippen molar-refractivity contribution in [1.82, 2.24) is 5.32 Å². The average Bonchev–Trinajstić information content (AvgIpc) is 2.38. The summed E-state index contributed by atoms with van der Waals surface area (Å²) in [5.41, 5.74) is 5.43. The van der Waals surface area contributed by atoms with Gasteiger partial charge in [0.05, 0.1) is 6.04 Å². The quantitative estimate of drug-likeness (QED) is 0.790. The first-order valence-electron chi connectivity index (χ1n) is 7.71. The van der Waals surface area contributed by atoms with Crippen LogP contribution in [0.4, 0.5) is 0 Å². The summed E-state index contributed by atoms with van der Waals surface area (Å²) in [6.45, 7) is 2.14. The highest BCUT2D eigenvalue weighted by atomic mass is 79.9. The van der Waals surface area contributed by atoms with Crippen LogP contribution in [0.1, 0.15) is 53.5 Å². The Kier molecular flexibility index (Phi) is 4.46. The van der Waals surface area contributed by atoms with E-state index in [-0.39, 0.29) is 6.04 Å². The van der Waals surface area contributed by atoms with E-state index in [0.29, 0.717) is 0 Å². The molecule has 2 aromatic carbocycles. The van der Waals surface area contributed by atoms with Crippen molar-refractivity contribution >= 4 is 15.9 Å². The second-order valence-corrected chi connectivity index (χ2v) is 6.99. The number of benzene rings is 2. The summed E-state index contributed by atoms with van der Waals surface area (Å²) in [6, 6.07) is 16.0. The molecule has 2 aromatic rings. The van der Waals surface area contributed by atoms with E-state index in [9.17, 15) is 0 Å². The number of nitrogens with one attached hydrogen (secondary N) is 1. The summed E-state index contributed by atoms with van der Waals surface area (Å²) in [4.78, 5) is 0. The summed E-state index contributed by atoms with van der Waals surface area (Å²) in [5.74, 6) is 0.806. The molecule has 1 atom stereocenters. The molecule has 1 unspecified atom stereocenters. The zero-order valence-corrected chi connectivity index (χ0v) is 14.3. The summed E-state index contributed by atoms with van der Waals surface area (Å²) in [6.07, 6.45) is 4.11. The van der Waals surface area contributed by atoms with Crippen molar-refractivity contribution in [2.45, 2.75) is 38.1 Å². The molecule has 0 radical (unpaired) electrons. The van der Waals surface area contributed by atoms with E-state index in [1.54, 1.807) is 0 Å². The Morgan fingerprint density at radius 3 is 2.29 bits per heavy atom. The van der Waals surface area contributed by atoms with Crippen LogP contribution in [0.15, 0.2) is 46.9 Å². The fourth-order valence-electron chi connectivity index (χ4n) is 3.16. The molecule has 0 spiro atoms. The van der Waals surface area contributed by atoms with Crippen LogP contribution in [0.25, 0.3) is 0 Å². The fourth-order valence-corrected chi connectivity index (χ4v) is 3.78. The van der Waals surface area contributed by atoms with Gasteiger partial charge in [-0.05, 0) is 67.1 Å². The van der Waals surface area contributed by atoms with Crippen LogP contribution < -0.4 is 5.32 Å². The standard InChI is InChI=1S/C19H22BrN/c1-13-10-17(12-18(20)11-13)19(21-2)16-8-6-15(7-9-16)14-4-3-5-14/h6-12,14,19,21H,3-5H2,1-2H3. The summed E-state index contributed by atoms with van der Waals surface area (Å²) < 4.78 is 1.14. The van der Waals surface area contributed by atoms with E-state index in [4.69, 9.17) is 0 Å². The lowest BCUT2D eigenvalue weighted by molar-refractivity contribution is 0.419. The normalized spacial score (nSPS) is 16.5. The van der Waals surface area contributed by atoms with Crippen molar-refractivity contribution in [2.24, 2.45) is 0 Å². The lowest BCUT2D eigenvalue weighted by Gasteiger charge is -2.26. The lowest BCUT2D eigenvalue weighted by atomic mass is 9.79. The largest absolute Gasteiger partial charge is 0.309 e. The van der Waals surface area contributed by atoms with Gasteiger partial charge in [-0.25, -0.2) is 0 Å². The molecular formula is C19H22BrN. The van der Waals surface area contributed by atoms with Gasteiger partial charge in [-0.1, -0.05) is 52.7 Å². The van der Waals surface area contributed by atoms with Crippen LogP contribution in [0.3, 0.4) is 0 Å². The number of rotatable bonds is 4. The highest BCUT2D eigenvalue weighted by molar-refractivity contribution is 9.10. The number of hydrogen-bond acceptors (Lipinski definition) is 1. The molecule has 2 heteroatoms. The van der Waals surface area contributed by atoms with Gasteiger partial charge in [0, 0.05) is 4.47 Å². The van der Waals surface area contributed by atoms with Gasteiger partial charge in [-0.3, -0.25) is 0 Å². The van der Waals surface area contributed by atoms with Crippen LogP contribution >= 0.6 is 15.9 Å². The molecule has 1 saturated carbocycles. The Bertz CT molecular complexity index is 594. The third-order valence-electron chi connectivity index (χ3n) is 4.53. The Morgan fingerprint density at radius 1 is 1.05 bits per heavy atom. The highest BCUT2D eigenvalue weighted by Crippen LogP contribution is 2.37. The topological polar surface area (TPSA) is 12.0 Å². The molecule has 1 aliphatic rings. The number of aryl methyl sites for hydroxylation is 1. The minimum Gasteiger partial charge on any atom is -0.309 e. The molecule has 1 fully saturated rings. The molecule has 0 aliphatic heterocycles. The maximum atomic E-state index is 3.60. The van der Waals surface area contributed by atoms with E-state index >= 15 is 0 Å². The zero-order valence-electron chi connectivity index (χ0n) is 12.7. The molecule has 0 aromatic heterocycles. The Labute approximate surface area is 135 Å². The second kappa shape index (κ2) is 6.33. The summed E-state index contributed by atoms with van der Waals surface area (Å²) in [5, 5.41) is 3.44. The predicted molar refractivity (Wildman–Crippen MR) is 92.8 cm³/mol. The van der Waals surface area contributed by atoms with E-state index in [0.717, 1.165) is 10.4 Å². The van der Waals surface area contributed by atoms with Gasteiger partial charge >= 0.3 is 0 Å². The minimum absolute atomic E-state index is 0.247. The Balaban J connectivity index is 1.88. The monoisotopic (exact) mass is 343 g/mol.